The van der Waals surface area contributed by atoms with Crippen LogP contribution in [-0.4, -0.2) is 23.2 Å². The molecule has 2 heterocycles. The summed E-state index contributed by atoms with van der Waals surface area (Å²) in [5, 5.41) is 9.55. The van der Waals surface area contributed by atoms with Crippen LogP contribution >= 0.6 is 11.6 Å². The summed E-state index contributed by atoms with van der Waals surface area (Å²) >= 11 is 6.01. The Labute approximate surface area is 136 Å². The molecule has 7 heteroatoms. The summed E-state index contributed by atoms with van der Waals surface area (Å²) in [6, 6.07) is 6.14. The third kappa shape index (κ3) is 3.37. The summed E-state index contributed by atoms with van der Waals surface area (Å²) in [5.41, 5.74) is 1.30. The second-order valence-corrected chi connectivity index (χ2v) is 5.87. The van der Waals surface area contributed by atoms with Crippen LogP contribution in [0.3, 0.4) is 0 Å². The van der Waals surface area contributed by atoms with E-state index in [0.29, 0.717) is 31.7 Å². The molecule has 1 N–H and O–H groups in total. The van der Waals surface area contributed by atoms with Crippen LogP contribution in [0.2, 0.25) is 5.02 Å². The molecule has 0 atom stereocenters. The number of nitrogens with zero attached hydrogens (tertiary/aromatic N) is 2. The van der Waals surface area contributed by atoms with Gasteiger partial charge in [0, 0.05) is 19.3 Å². The number of hydrogen-bond donors (Lipinski definition) is 1. The number of phenolic OH excluding ortho intramolecular Hbond substituents is 1. The lowest BCUT2D eigenvalue weighted by Crippen LogP contribution is -2.27. The number of anilines is 1. The van der Waals surface area contributed by atoms with E-state index in [9.17, 15) is 18.3 Å². The number of rotatable bonds is 1. The summed E-state index contributed by atoms with van der Waals surface area (Å²) < 4.78 is 38.1. The number of benzene rings is 1. The third-order valence-corrected chi connectivity index (χ3v) is 4.22. The van der Waals surface area contributed by atoms with Crippen LogP contribution in [-0.2, 0) is 19.0 Å². The molecule has 1 aromatic heterocycles. The van der Waals surface area contributed by atoms with Crippen molar-refractivity contribution in [1.29, 1.82) is 0 Å². The van der Waals surface area contributed by atoms with Gasteiger partial charge in [0.15, 0.2) is 0 Å². The molecule has 1 aliphatic rings. The van der Waals surface area contributed by atoms with Gasteiger partial charge >= 0.3 is 6.18 Å². The van der Waals surface area contributed by atoms with Crippen LogP contribution in [0.25, 0.3) is 0 Å². The normalized spacial score (nSPS) is 15.2. The highest BCUT2D eigenvalue weighted by Gasteiger charge is 2.32. The molecule has 0 spiro atoms. The van der Waals surface area contributed by atoms with Crippen molar-refractivity contribution in [1.82, 2.24) is 4.98 Å². The first-order valence-electron chi connectivity index (χ1n) is 7.13. The molecule has 0 saturated carbocycles. The molecule has 0 radical (unpaired) electrons. The Hall–Kier alpha value is -1.95. The highest BCUT2D eigenvalue weighted by atomic mass is 35.5. The number of fused-ring (bicyclic) bond motifs is 1. The van der Waals surface area contributed by atoms with E-state index in [1.54, 1.807) is 12.1 Å². The Bertz CT molecular complexity index is 734. The molecule has 0 aliphatic carbocycles. The van der Waals surface area contributed by atoms with Crippen molar-refractivity contribution in [2.45, 2.75) is 19.0 Å². The smallest absolute Gasteiger partial charge is 0.417 e. The minimum absolute atomic E-state index is 0.00590. The number of phenols is 1. The lowest BCUT2D eigenvalue weighted by Gasteiger charge is -2.23. The predicted molar refractivity (Wildman–Crippen MR) is 82.0 cm³/mol. The van der Waals surface area contributed by atoms with Gasteiger partial charge in [-0.25, -0.2) is 4.98 Å². The van der Waals surface area contributed by atoms with Crippen LogP contribution in [0, 0.1) is 0 Å². The van der Waals surface area contributed by atoms with E-state index >= 15 is 0 Å². The number of aromatic hydroxyl groups is 1. The fourth-order valence-corrected chi connectivity index (χ4v) is 3.03. The Morgan fingerprint density at radius 3 is 2.43 bits per heavy atom. The molecule has 122 valence electrons. The molecule has 0 bridgehead atoms. The van der Waals surface area contributed by atoms with Crippen molar-refractivity contribution in [2.75, 3.05) is 18.0 Å². The molecular formula is C16H14ClF3N2O. The molecule has 1 aromatic carbocycles. The predicted octanol–water partition coefficient (Wildman–Crippen LogP) is 4.06. The highest BCUT2D eigenvalue weighted by Crippen LogP contribution is 2.34. The van der Waals surface area contributed by atoms with Crippen molar-refractivity contribution in [2.24, 2.45) is 0 Å². The Kier molecular flexibility index (Phi) is 4.10. The first-order valence-corrected chi connectivity index (χ1v) is 7.51. The third-order valence-electron chi connectivity index (χ3n) is 3.94. The minimum atomic E-state index is -4.46. The average molecular weight is 343 g/mol. The van der Waals surface area contributed by atoms with E-state index in [0.717, 1.165) is 23.4 Å². The van der Waals surface area contributed by atoms with E-state index in [2.05, 4.69) is 4.98 Å². The van der Waals surface area contributed by atoms with Gasteiger partial charge in [-0.3, -0.25) is 0 Å². The second-order valence-electron chi connectivity index (χ2n) is 5.47. The van der Waals surface area contributed by atoms with Gasteiger partial charge < -0.3 is 10.0 Å². The quantitative estimate of drug-likeness (QED) is 0.849. The zero-order valence-electron chi connectivity index (χ0n) is 12.1. The number of halogens is 4. The maximum atomic E-state index is 12.7. The topological polar surface area (TPSA) is 36.4 Å². The van der Waals surface area contributed by atoms with Crippen LogP contribution < -0.4 is 4.90 Å². The van der Waals surface area contributed by atoms with Crippen LogP contribution in [0.5, 0.6) is 5.75 Å². The monoisotopic (exact) mass is 342 g/mol. The second kappa shape index (κ2) is 5.92. The summed E-state index contributed by atoms with van der Waals surface area (Å²) in [4.78, 5) is 5.79. The van der Waals surface area contributed by atoms with Crippen molar-refractivity contribution in [3.05, 3.63) is 52.2 Å². The highest BCUT2D eigenvalue weighted by molar-refractivity contribution is 6.33. The van der Waals surface area contributed by atoms with E-state index < -0.39 is 11.7 Å². The standard InChI is InChI=1S/C16H14ClF3N2O/c17-14-8-12(16(18,19)20)9-21-15(14)22-5-3-10-1-2-13(23)7-11(10)4-6-22/h1-2,7-9,23H,3-6H2. The Morgan fingerprint density at radius 1 is 1.09 bits per heavy atom. The lowest BCUT2D eigenvalue weighted by molar-refractivity contribution is -0.137. The van der Waals surface area contributed by atoms with Gasteiger partial charge in [0.05, 0.1) is 10.6 Å². The summed E-state index contributed by atoms with van der Waals surface area (Å²) in [6.45, 7) is 1.18. The number of aromatic nitrogens is 1. The SMILES string of the molecule is Oc1ccc2c(c1)CCN(c1ncc(C(F)(F)F)cc1Cl)CC2. The molecule has 2 aromatic rings. The minimum Gasteiger partial charge on any atom is -0.508 e. The first kappa shape index (κ1) is 15.9. The molecular weight excluding hydrogens is 329 g/mol. The summed E-state index contributed by atoms with van der Waals surface area (Å²) in [6.07, 6.45) is -2.26. The largest absolute Gasteiger partial charge is 0.508 e. The maximum Gasteiger partial charge on any atom is 0.417 e. The van der Waals surface area contributed by atoms with E-state index in [1.807, 2.05) is 11.0 Å². The molecule has 0 amide bonds. The van der Waals surface area contributed by atoms with E-state index in [1.165, 1.54) is 0 Å². The van der Waals surface area contributed by atoms with Crippen molar-refractivity contribution in [3.63, 3.8) is 0 Å². The van der Waals surface area contributed by atoms with Gasteiger partial charge in [-0.2, -0.15) is 13.2 Å². The maximum absolute atomic E-state index is 12.7. The summed E-state index contributed by atoms with van der Waals surface area (Å²) in [5.74, 6) is 0.569. The van der Waals surface area contributed by atoms with Gasteiger partial charge in [-0.1, -0.05) is 17.7 Å². The van der Waals surface area contributed by atoms with Gasteiger partial charge in [-0.15, -0.1) is 0 Å². The van der Waals surface area contributed by atoms with E-state index in [4.69, 9.17) is 11.6 Å². The lowest BCUT2D eigenvalue weighted by atomic mass is 10.0. The van der Waals surface area contributed by atoms with Crippen molar-refractivity contribution >= 4 is 17.4 Å². The average Bonchev–Trinajstić information content (AvgIpc) is 2.68. The fourth-order valence-electron chi connectivity index (χ4n) is 2.74. The van der Waals surface area contributed by atoms with Crippen molar-refractivity contribution in [3.8, 4) is 5.75 Å². The number of pyridine rings is 1. The van der Waals surface area contributed by atoms with Crippen LogP contribution in [0.1, 0.15) is 16.7 Å². The van der Waals surface area contributed by atoms with Crippen LogP contribution in [0.15, 0.2) is 30.5 Å². The van der Waals surface area contributed by atoms with Gasteiger partial charge in [0.1, 0.15) is 11.6 Å². The van der Waals surface area contributed by atoms with Gasteiger partial charge in [-0.05, 0) is 42.2 Å². The van der Waals surface area contributed by atoms with Crippen LogP contribution in [0.4, 0.5) is 19.0 Å². The zero-order chi connectivity index (χ0) is 16.6. The fraction of sp³-hybridized carbons (Fsp3) is 0.312. The van der Waals surface area contributed by atoms with Crippen molar-refractivity contribution < 1.29 is 18.3 Å². The number of alkyl halides is 3. The molecule has 23 heavy (non-hydrogen) atoms. The first-order chi connectivity index (χ1) is 10.8. The molecule has 3 rings (SSSR count). The molecule has 0 unspecified atom stereocenters. The molecule has 0 fully saturated rings. The summed E-state index contributed by atoms with van der Waals surface area (Å²) in [7, 11) is 0. The van der Waals surface area contributed by atoms with Gasteiger partial charge in [0.25, 0.3) is 0 Å². The Morgan fingerprint density at radius 2 is 1.78 bits per heavy atom. The number of hydrogen-bond acceptors (Lipinski definition) is 3. The zero-order valence-corrected chi connectivity index (χ0v) is 12.8. The molecule has 0 saturated heterocycles. The molecule has 1 aliphatic heterocycles. The molecule has 3 nitrogen and oxygen atoms in total. The Balaban J connectivity index is 1.84. The van der Waals surface area contributed by atoms with Gasteiger partial charge in [0.2, 0.25) is 0 Å². The van der Waals surface area contributed by atoms with E-state index in [-0.39, 0.29) is 10.8 Å².